The fourth-order valence-corrected chi connectivity index (χ4v) is 2.17. The number of amides is 1. The van der Waals surface area contributed by atoms with Crippen molar-refractivity contribution >= 4 is 17.5 Å². The summed E-state index contributed by atoms with van der Waals surface area (Å²) < 4.78 is 45.2. The van der Waals surface area contributed by atoms with Crippen LogP contribution in [0.25, 0.3) is 0 Å². The summed E-state index contributed by atoms with van der Waals surface area (Å²) in [6.45, 7) is 1.18. The molecule has 8 heteroatoms. The molecule has 0 N–H and O–H groups in total. The average Bonchev–Trinajstić information content (AvgIpc) is 2.46. The van der Waals surface area contributed by atoms with Crippen molar-refractivity contribution in [2.24, 2.45) is 0 Å². The summed E-state index contributed by atoms with van der Waals surface area (Å²) in [7, 11) is 0. The molecule has 21 heavy (non-hydrogen) atoms. The summed E-state index contributed by atoms with van der Waals surface area (Å²) in [5.74, 6) is -0.353. The van der Waals surface area contributed by atoms with Crippen LogP contribution < -0.4 is 4.74 Å². The molecule has 1 saturated heterocycles. The maximum atomic E-state index is 12.2. The number of hydrogen-bond acceptors (Lipinski definition) is 3. The van der Waals surface area contributed by atoms with Gasteiger partial charge in [0, 0.05) is 18.7 Å². The molecule has 1 heterocycles. The number of benzene rings is 1. The van der Waals surface area contributed by atoms with Crippen molar-refractivity contribution in [1.82, 2.24) is 4.90 Å². The van der Waals surface area contributed by atoms with E-state index in [9.17, 15) is 18.0 Å². The van der Waals surface area contributed by atoms with E-state index in [4.69, 9.17) is 16.3 Å². The zero-order chi connectivity index (χ0) is 15.5. The smallest absolute Gasteiger partial charge is 0.406 e. The molecule has 2 rings (SSSR count). The van der Waals surface area contributed by atoms with E-state index < -0.39 is 6.36 Å². The van der Waals surface area contributed by atoms with Crippen LogP contribution in [0.4, 0.5) is 13.2 Å². The van der Waals surface area contributed by atoms with Crippen molar-refractivity contribution in [2.45, 2.75) is 12.5 Å². The van der Waals surface area contributed by atoms with E-state index in [1.807, 2.05) is 0 Å². The maximum absolute atomic E-state index is 12.2. The van der Waals surface area contributed by atoms with Gasteiger partial charge in [-0.15, -0.1) is 24.8 Å². The lowest BCUT2D eigenvalue weighted by molar-refractivity contribution is -0.274. The van der Waals surface area contributed by atoms with Crippen LogP contribution in [-0.2, 0) is 4.74 Å². The summed E-state index contributed by atoms with van der Waals surface area (Å²) in [4.78, 5) is 13.8. The molecule has 0 aromatic heterocycles. The number of nitrogens with zero attached hydrogens (tertiary/aromatic N) is 1. The van der Waals surface area contributed by atoms with Crippen molar-refractivity contribution in [3.63, 3.8) is 0 Å². The Kier molecular flexibility index (Phi) is 4.95. The third kappa shape index (κ3) is 4.50. The van der Waals surface area contributed by atoms with Crippen LogP contribution >= 0.6 is 11.6 Å². The second-order valence-corrected chi connectivity index (χ2v) is 4.78. The number of ether oxygens (including phenoxy) is 2. The van der Waals surface area contributed by atoms with Gasteiger partial charge >= 0.3 is 6.36 Å². The fraction of sp³-hybridized carbons (Fsp3) is 0.462. The lowest BCUT2D eigenvalue weighted by Crippen LogP contribution is -2.46. The number of carbonyl (C=O) groups excluding carboxylic acids is 1. The maximum Gasteiger partial charge on any atom is 0.573 e. The predicted octanol–water partition coefficient (Wildman–Crippen LogP) is 2.67. The minimum Gasteiger partial charge on any atom is -0.406 e. The highest BCUT2D eigenvalue weighted by Gasteiger charge is 2.31. The first-order chi connectivity index (χ1) is 9.89. The first-order valence-electron chi connectivity index (χ1n) is 6.21. The minimum absolute atomic E-state index is 0.225. The molecule has 0 bridgehead atoms. The molecule has 1 aliphatic rings. The van der Waals surface area contributed by atoms with Crippen LogP contribution in [0.15, 0.2) is 24.3 Å². The van der Waals surface area contributed by atoms with Crippen LogP contribution in [0.5, 0.6) is 5.75 Å². The Hall–Kier alpha value is -1.47. The largest absolute Gasteiger partial charge is 0.573 e. The molecule has 0 saturated carbocycles. The molecule has 4 nitrogen and oxygen atoms in total. The lowest BCUT2D eigenvalue weighted by Gasteiger charge is -2.32. The van der Waals surface area contributed by atoms with Crippen molar-refractivity contribution in [1.29, 1.82) is 0 Å². The van der Waals surface area contributed by atoms with Gasteiger partial charge in [0.25, 0.3) is 5.91 Å². The number of alkyl halides is 4. The highest BCUT2D eigenvalue weighted by Crippen LogP contribution is 2.23. The van der Waals surface area contributed by atoms with Gasteiger partial charge in [-0.3, -0.25) is 4.79 Å². The molecule has 1 atom stereocenters. The lowest BCUT2D eigenvalue weighted by atomic mass is 10.1. The van der Waals surface area contributed by atoms with E-state index in [2.05, 4.69) is 4.74 Å². The first kappa shape index (κ1) is 15.9. The Balaban J connectivity index is 2.02. The van der Waals surface area contributed by atoms with Crippen molar-refractivity contribution in [3.8, 4) is 5.75 Å². The topological polar surface area (TPSA) is 38.8 Å². The Labute approximate surface area is 124 Å². The van der Waals surface area contributed by atoms with Crippen LogP contribution in [0.2, 0.25) is 0 Å². The van der Waals surface area contributed by atoms with Gasteiger partial charge in [-0.2, -0.15) is 0 Å². The Morgan fingerprint density at radius 2 is 2.05 bits per heavy atom. The fourth-order valence-electron chi connectivity index (χ4n) is 1.98. The van der Waals surface area contributed by atoms with Gasteiger partial charge in [-0.05, 0) is 24.3 Å². The van der Waals surface area contributed by atoms with Crippen LogP contribution in [0.1, 0.15) is 10.4 Å². The van der Waals surface area contributed by atoms with Gasteiger partial charge in [-0.1, -0.05) is 0 Å². The van der Waals surface area contributed by atoms with E-state index in [1.54, 1.807) is 4.90 Å². The van der Waals surface area contributed by atoms with Crippen LogP contribution in [0, 0.1) is 0 Å². The number of rotatable bonds is 3. The number of morpholine rings is 1. The normalized spacial score (nSPS) is 19.4. The zero-order valence-corrected chi connectivity index (χ0v) is 11.7. The molecular formula is C13H13ClF3NO3. The molecule has 0 aliphatic carbocycles. The van der Waals surface area contributed by atoms with Gasteiger partial charge < -0.3 is 14.4 Å². The summed E-state index contributed by atoms with van der Waals surface area (Å²) in [6, 6.07) is 4.82. The molecule has 116 valence electrons. The molecule has 1 amide bonds. The van der Waals surface area contributed by atoms with Crippen LogP contribution in [0.3, 0.4) is 0 Å². The van der Waals surface area contributed by atoms with E-state index >= 15 is 0 Å². The summed E-state index contributed by atoms with van der Waals surface area (Å²) in [6.07, 6.45) is -4.97. The predicted molar refractivity (Wildman–Crippen MR) is 69.5 cm³/mol. The van der Waals surface area contributed by atoms with Gasteiger partial charge in [0.2, 0.25) is 0 Å². The molecular weight excluding hydrogens is 311 g/mol. The van der Waals surface area contributed by atoms with E-state index in [1.165, 1.54) is 12.1 Å². The quantitative estimate of drug-likeness (QED) is 0.803. The molecule has 1 aromatic rings. The monoisotopic (exact) mass is 323 g/mol. The van der Waals surface area contributed by atoms with Gasteiger partial charge in [-0.25, -0.2) is 0 Å². The van der Waals surface area contributed by atoms with E-state index in [0.29, 0.717) is 25.3 Å². The molecule has 0 spiro atoms. The molecule has 1 aromatic carbocycles. The first-order valence-corrected chi connectivity index (χ1v) is 6.75. The van der Waals surface area contributed by atoms with Gasteiger partial charge in [0.1, 0.15) is 5.75 Å². The number of hydrogen-bond donors (Lipinski definition) is 0. The standard InChI is InChI=1S/C13H13ClF3NO3/c14-7-11-8-18(5-6-20-11)12(19)9-1-3-10(4-2-9)21-13(15,16)17/h1-4,11H,5-8H2. The molecule has 1 fully saturated rings. The zero-order valence-electron chi connectivity index (χ0n) is 10.9. The second kappa shape index (κ2) is 6.53. The summed E-state index contributed by atoms with van der Waals surface area (Å²) in [5, 5.41) is 0. The van der Waals surface area contributed by atoms with Crippen LogP contribution in [-0.4, -0.2) is 48.8 Å². The minimum atomic E-state index is -4.75. The molecule has 1 aliphatic heterocycles. The van der Waals surface area contributed by atoms with Crippen molar-refractivity contribution in [2.75, 3.05) is 25.6 Å². The van der Waals surface area contributed by atoms with Crippen molar-refractivity contribution < 1.29 is 27.4 Å². The van der Waals surface area contributed by atoms with E-state index in [-0.39, 0.29) is 23.6 Å². The molecule has 1 unspecified atom stereocenters. The third-order valence-electron chi connectivity index (χ3n) is 2.93. The Morgan fingerprint density at radius 1 is 1.38 bits per heavy atom. The average molecular weight is 324 g/mol. The third-order valence-corrected chi connectivity index (χ3v) is 3.28. The summed E-state index contributed by atoms with van der Waals surface area (Å²) in [5.41, 5.74) is 0.291. The number of carbonyl (C=O) groups is 1. The Morgan fingerprint density at radius 3 is 2.62 bits per heavy atom. The highest BCUT2D eigenvalue weighted by molar-refractivity contribution is 6.18. The second-order valence-electron chi connectivity index (χ2n) is 4.47. The highest BCUT2D eigenvalue weighted by atomic mass is 35.5. The Bertz CT molecular complexity index is 492. The number of halogens is 4. The van der Waals surface area contributed by atoms with Crippen molar-refractivity contribution in [3.05, 3.63) is 29.8 Å². The summed E-state index contributed by atoms with van der Waals surface area (Å²) >= 11 is 5.69. The molecule has 0 radical (unpaired) electrons. The SMILES string of the molecule is O=C(c1ccc(OC(F)(F)F)cc1)N1CCOC(CCl)C1. The van der Waals surface area contributed by atoms with Gasteiger partial charge in [0.05, 0.1) is 18.6 Å². The van der Waals surface area contributed by atoms with E-state index in [0.717, 1.165) is 12.1 Å². The van der Waals surface area contributed by atoms with Gasteiger partial charge in [0.15, 0.2) is 0 Å².